The van der Waals surface area contributed by atoms with Crippen LogP contribution in [0.3, 0.4) is 0 Å². The molecule has 0 fully saturated rings. The number of hydrogen-bond acceptors (Lipinski definition) is 3. The van der Waals surface area contributed by atoms with Crippen molar-refractivity contribution in [1.82, 2.24) is 0 Å². The molecular weight excluding hydrogens is 256 g/mol. The van der Waals surface area contributed by atoms with Gasteiger partial charge in [-0.15, -0.1) is 23.5 Å². The Labute approximate surface area is 88.2 Å². The highest BCUT2D eigenvalue weighted by Gasteiger charge is 2.31. The van der Waals surface area contributed by atoms with Gasteiger partial charge in [0.15, 0.2) is 5.78 Å². The van der Waals surface area contributed by atoms with Gasteiger partial charge in [-0.1, -0.05) is 28.1 Å². The van der Waals surface area contributed by atoms with Crippen LogP contribution in [0.1, 0.15) is 0 Å². The van der Waals surface area contributed by atoms with Crippen molar-refractivity contribution in [3.05, 3.63) is 22.5 Å². The molecule has 12 heavy (non-hydrogen) atoms. The maximum absolute atomic E-state index is 11.3. The molecule has 2 aliphatic rings. The number of carbonyl (C=O) groups excluding carboxylic acids is 1. The zero-order valence-electron chi connectivity index (χ0n) is 6.20. The molecule has 0 N–H and O–H groups in total. The van der Waals surface area contributed by atoms with Crippen LogP contribution in [0.4, 0.5) is 0 Å². The first kappa shape index (κ1) is 8.91. The highest BCUT2D eigenvalue weighted by molar-refractivity contribution is 9.09. The third kappa shape index (κ3) is 1.52. The average Bonchev–Trinajstić information content (AvgIpc) is 2.60. The van der Waals surface area contributed by atoms with Gasteiger partial charge in [-0.3, -0.25) is 4.79 Å². The molecule has 4 heteroatoms. The van der Waals surface area contributed by atoms with Crippen LogP contribution in [0.2, 0.25) is 0 Å². The van der Waals surface area contributed by atoms with E-state index in [9.17, 15) is 4.79 Å². The molecule has 2 unspecified atom stereocenters. The molecule has 2 rings (SSSR count). The minimum absolute atomic E-state index is 0.0850. The summed E-state index contributed by atoms with van der Waals surface area (Å²) in [5.74, 6) is 0.274. The van der Waals surface area contributed by atoms with Gasteiger partial charge < -0.3 is 0 Å². The van der Waals surface area contributed by atoms with E-state index in [1.807, 2.05) is 0 Å². The fraction of sp³-hybridized carbons (Fsp3) is 0.375. The first-order valence-corrected chi connectivity index (χ1v) is 6.55. The van der Waals surface area contributed by atoms with Crippen LogP contribution >= 0.6 is 39.5 Å². The average molecular weight is 263 g/mol. The Kier molecular flexibility index (Phi) is 2.67. The van der Waals surface area contributed by atoms with E-state index in [-0.39, 0.29) is 11.0 Å². The van der Waals surface area contributed by atoms with Crippen molar-refractivity contribution >= 4 is 45.2 Å². The van der Waals surface area contributed by atoms with Crippen molar-refractivity contribution < 1.29 is 4.79 Å². The Morgan fingerprint density at radius 2 is 2.50 bits per heavy atom. The lowest BCUT2D eigenvalue weighted by molar-refractivity contribution is -0.115. The van der Waals surface area contributed by atoms with Gasteiger partial charge in [0.05, 0.1) is 15.8 Å². The standard InChI is InChI=1S/C8H7BrOS2/c9-4-5(10)7-3-8-6(12-7)1-2-11-8/h1-3,6-7H,4H2. The molecule has 2 heterocycles. The van der Waals surface area contributed by atoms with Crippen LogP contribution in [0.15, 0.2) is 22.5 Å². The minimum atomic E-state index is 0.0850. The first-order valence-electron chi connectivity index (χ1n) is 3.60. The number of Topliss-reactive ketones (excluding diaryl/α,β-unsaturated/α-hetero) is 1. The molecule has 0 aromatic heterocycles. The number of alkyl halides is 1. The van der Waals surface area contributed by atoms with E-state index < -0.39 is 0 Å². The zero-order chi connectivity index (χ0) is 8.55. The predicted molar refractivity (Wildman–Crippen MR) is 58.8 cm³/mol. The first-order chi connectivity index (χ1) is 5.81. The number of carbonyl (C=O) groups is 1. The Bertz CT molecular complexity index is 272. The molecule has 0 spiro atoms. The number of ketones is 1. The van der Waals surface area contributed by atoms with Gasteiger partial charge in [-0.25, -0.2) is 0 Å². The van der Waals surface area contributed by atoms with Crippen LogP contribution in [0.25, 0.3) is 0 Å². The van der Waals surface area contributed by atoms with E-state index in [1.165, 1.54) is 4.91 Å². The van der Waals surface area contributed by atoms with Gasteiger partial charge in [-0.2, -0.15) is 0 Å². The van der Waals surface area contributed by atoms with E-state index in [4.69, 9.17) is 0 Å². The van der Waals surface area contributed by atoms with Gasteiger partial charge in [-0.05, 0) is 5.41 Å². The second-order valence-corrected chi connectivity index (χ2v) is 5.42. The fourth-order valence-corrected chi connectivity index (χ4v) is 4.25. The van der Waals surface area contributed by atoms with E-state index in [1.54, 1.807) is 23.5 Å². The molecule has 0 radical (unpaired) electrons. The molecular formula is C8H7BrOS2. The lowest BCUT2D eigenvalue weighted by Gasteiger charge is -2.04. The molecule has 2 atom stereocenters. The van der Waals surface area contributed by atoms with Gasteiger partial charge in [0.25, 0.3) is 0 Å². The van der Waals surface area contributed by atoms with Crippen molar-refractivity contribution in [2.45, 2.75) is 10.5 Å². The van der Waals surface area contributed by atoms with Gasteiger partial charge in [0.1, 0.15) is 0 Å². The van der Waals surface area contributed by atoms with Gasteiger partial charge in [0.2, 0.25) is 0 Å². The Morgan fingerprint density at radius 1 is 1.67 bits per heavy atom. The summed E-state index contributed by atoms with van der Waals surface area (Å²) in [7, 11) is 0. The molecule has 0 saturated carbocycles. The fourth-order valence-electron chi connectivity index (χ4n) is 1.19. The number of hydrogen-bond donors (Lipinski definition) is 0. The van der Waals surface area contributed by atoms with Crippen LogP contribution < -0.4 is 0 Å². The second-order valence-electron chi connectivity index (χ2n) is 2.59. The topological polar surface area (TPSA) is 17.1 Å². The molecule has 64 valence electrons. The van der Waals surface area contributed by atoms with Crippen LogP contribution in [-0.4, -0.2) is 21.6 Å². The lowest BCUT2D eigenvalue weighted by Crippen LogP contribution is -2.14. The highest BCUT2D eigenvalue weighted by atomic mass is 79.9. The summed E-state index contributed by atoms with van der Waals surface area (Å²) < 4.78 is 0. The van der Waals surface area contributed by atoms with Crippen LogP contribution in [0.5, 0.6) is 0 Å². The summed E-state index contributed by atoms with van der Waals surface area (Å²) in [6, 6.07) is 0. The Morgan fingerprint density at radius 3 is 3.17 bits per heavy atom. The van der Waals surface area contributed by atoms with Crippen molar-refractivity contribution in [3.63, 3.8) is 0 Å². The number of halogens is 1. The third-order valence-corrected chi connectivity index (χ3v) is 4.85. The number of thioether (sulfide) groups is 2. The summed E-state index contributed by atoms with van der Waals surface area (Å²) in [5.41, 5.74) is 0. The van der Waals surface area contributed by atoms with Gasteiger partial charge >= 0.3 is 0 Å². The van der Waals surface area contributed by atoms with Crippen molar-refractivity contribution in [1.29, 1.82) is 0 Å². The van der Waals surface area contributed by atoms with E-state index in [2.05, 4.69) is 33.5 Å². The normalized spacial score (nSPS) is 31.9. The lowest BCUT2D eigenvalue weighted by atomic mass is 10.2. The molecule has 1 nitrogen and oxygen atoms in total. The third-order valence-electron chi connectivity index (χ3n) is 1.80. The van der Waals surface area contributed by atoms with Crippen molar-refractivity contribution in [3.8, 4) is 0 Å². The SMILES string of the molecule is O=C(CBr)C1C=C2SC=CC2S1. The monoisotopic (exact) mass is 262 g/mol. The Hall–Kier alpha value is 0.330. The summed E-state index contributed by atoms with van der Waals surface area (Å²) in [6.07, 6.45) is 4.24. The maximum atomic E-state index is 11.3. The predicted octanol–water partition coefficient (Wildman–Crippen LogP) is 2.58. The molecule has 0 bridgehead atoms. The van der Waals surface area contributed by atoms with E-state index in [0.29, 0.717) is 10.6 Å². The Balaban J connectivity index is 2.08. The summed E-state index contributed by atoms with van der Waals surface area (Å²) in [4.78, 5) is 12.6. The summed E-state index contributed by atoms with van der Waals surface area (Å²) in [6.45, 7) is 0. The molecule has 0 aromatic rings. The number of rotatable bonds is 2. The minimum Gasteiger partial charge on any atom is -0.297 e. The van der Waals surface area contributed by atoms with Gasteiger partial charge in [0, 0.05) is 4.91 Å². The maximum Gasteiger partial charge on any atom is 0.160 e. The molecule has 0 saturated heterocycles. The van der Waals surface area contributed by atoms with Crippen LogP contribution in [-0.2, 0) is 4.79 Å². The smallest absolute Gasteiger partial charge is 0.160 e. The largest absolute Gasteiger partial charge is 0.297 e. The van der Waals surface area contributed by atoms with Crippen LogP contribution in [0, 0.1) is 0 Å². The van der Waals surface area contributed by atoms with E-state index >= 15 is 0 Å². The second kappa shape index (κ2) is 3.60. The summed E-state index contributed by atoms with van der Waals surface area (Å²) in [5, 5.41) is 3.11. The zero-order valence-corrected chi connectivity index (χ0v) is 9.42. The molecule has 0 aliphatic carbocycles. The van der Waals surface area contributed by atoms with Crippen molar-refractivity contribution in [2.75, 3.05) is 5.33 Å². The summed E-state index contributed by atoms with van der Waals surface area (Å²) >= 11 is 6.66. The quantitative estimate of drug-likeness (QED) is 0.713. The van der Waals surface area contributed by atoms with Crippen molar-refractivity contribution in [2.24, 2.45) is 0 Å². The molecule has 2 aliphatic heterocycles. The highest BCUT2D eigenvalue weighted by Crippen LogP contribution is 2.44. The van der Waals surface area contributed by atoms with E-state index in [0.717, 1.165) is 0 Å². The number of fused-ring (bicyclic) bond motifs is 1. The molecule has 0 amide bonds. The molecule has 0 aromatic carbocycles.